The molecule has 0 saturated heterocycles. The summed E-state index contributed by atoms with van der Waals surface area (Å²) in [7, 11) is 0. The molecule has 0 saturated carbocycles. The van der Waals surface area contributed by atoms with Crippen molar-refractivity contribution in [3.05, 3.63) is 58.7 Å². The minimum Gasteiger partial charge on any atom is -0.478 e. The molecular formula is C17H11ClN4O2. The van der Waals surface area contributed by atoms with Crippen molar-refractivity contribution in [2.45, 2.75) is 6.92 Å². The van der Waals surface area contributed by atoms with Crippen LogP contribution in [0.4, 0.5) is 0 Å². The third-order valence-electron chi connectivity index (χ3n) is 3.85. The molecule has 7 heteroatoms. The highest BCUT2D eigenvalue weighted by molar-refractivity contribution is 6.33. The van der Waals surface area contributed by atoms with Crippen LogP contribution in [0.1, 0.15) is 16.1 Å². The Labute approximate surface area is 141 Å². The summed E-state index contributed by atoms with van der Waals surface area (Å²) in [6.07, 6.45) is 0. The minimum atomic E-state index is -1.00. The minimum absolute atomic E-state index is 0.174. The fourth-order valence-electron chi connectivity index (χ4n) is 2.72. The molecule has 0 aliphatic carbocycles. The average Bonchev–Trinajstić information content (AvgIpc) is 3.01. The number of halogens is 1. The van der Waals surface area contributed by atoms with Gasteiger partial charge >= 0.3 is 5.97 Å². The maximum Gasteiger partial charge on any atom is 0.335 e. The molecule has 0 aliphatic heterocycles. The first-order valence-electron chi connectivity index (χ1n) is 7.20. The molecule has 0 spiro atoms. The van der Waals surface area contributed by atoms with E-state index in [0.717, 1.165) is 5.56 Å². The van der Waals surface area contributed by atoms with Crippen LogP contribution in [0, 0.1) is 6.92 Å². The SMILES string of the molecule is Cc1nc2ccc(C(=O)O)cc2n2c(-c3ccccc3Cl)nnc12. The number of aryl methyl sites for hydroxylation is 1. The van der Waals surface area contributed by atoms with Crippen LogP contribution in [0.2, 0.25) is 5.02 Å². The molecule has 2 aromatic carbocycles. The lowest BCUT2D eigenvalue weighted by Crippen LogP contribution is -2.01. The van der Waals surface area contributed by atoms with Crippen molar-refractivity contribution in [2.75, 3.05) is 0 Å². The Kier molecular flexibility index (Phi) is 3.21. The molecule has 6 nitrogen and oxygen atoms in total. The van der Waals surface area contributed by atoms with Gasteiger partial charge in [0.25, 0.3) is 0 Å². The molecule has 118 valence electrons. The first-order chi connectivity index (χ1) is 11.6. The van der Waals surface area contributed by atoms with E-state index in [1.807, 2.05) is 25.1 Å². The Bertz CT molecular complexity index is 1120. The van der Waals surface area contributed by atoms with Gasteiger partial charge in [0.15, 0.2) is 11.5 Å². The molecule has 4 rings (SSSR count). The van der Waals surface area contributed by atoms with E-state index in [1.54, 1.807) is 22.6 Å². The Morgan fingerprint density at radius 1 is 1.17 bits per heavy atom. The van der Waals surface area contributed by atoms with Gasteiger partial charge in [0.2, 0.25) is 0 Å². The second-order valence-corrected chi connectivity index (χ2v) is 5.78. The molecule has 0 unspecified atom stereocenters. The zero-order chi connectivity index (χ0) is 16.8. The van der Waals surface area contributed by atoms with E-state index in [4.69, 9.17) is 11.6 Å². The average molecular weight is 339 g/mol. The van der Waals surface area contributed by atoms with Crippen molar-refractivity contribution in [3.63, 3.8) is 0 Å². The zero-order valence-electron chi connectivity index (χ0n) is 12.6. The fraction of sp³-hybridized carbons (Fsp3) is 0.0588. The number of fused-ring (bicyclic) bond motifs is 3. The smallest absolute Gasteiger partial charge is 0.335 e. The van der Waals surface area contributed by atoms with Gasteiger partial charge in [0.1, 0.15) is 0 Å². The maximum atomic E-state index is 11.3. The summed E-state index contributed by atoms with van der Waals surface area (Å²) in [5.41, 5.74) is 3.46. The molecule has 0 amide bonds. The van der Waals surface area contributed by atoms with Gasteiger partial charge < -0.3 is 5.11 Å². The largest absolute Gasteiger partial charge is 0.478 e. The number of rotatable bonds is 2. The molecule has 24 heavy (non-hydrogen) atoms. The zero-order valence-corrected chi connectivity index (χ0v) is 13.3. The molecule has 0 radical (unpaired) electrons. The van der Waals surface area contributed by atoms with Gasteiger partial charge in [-0.3, -0.25) is 4.40 Å². The van der Waals surface area contributed by atoms with Crippen molar-refractivity contribution in [2.24, 2.45) is 0 Å². The summed E-state index contributed by atoms with van der Waals surface area (Å²) < 4.78 is 1.80. The van der Waals surface area contributed by atoms with Crippen LogP contribution >= 0.6 is 11.6 Å². The van der Waals surface area contributed by atoms with Crippen molar-refractivity contribution >= 4 is 34.3 Å². The lowest BCUT2D eigenvalue weighted by Gasteiger charge is -2.08. The summed E-state index contributed by atoms with van der Waals surface area (Å²) >= 11 is 6.30. The predicted molar refractivity (Wildman–Crippen MR) is 90.4 cm³/mol. The highest BCUT2D eigenvalue weighted by Crippen LogP contribution is 2.29. The van der Waals surface area contributed by atoms with Crippen LogP contribution in [0.3, 0.4) is 0 Å². The third kappa shape index (κ3) is 2.11. The summed E-state index contributed by atoms with van der Waals surface area (Å²) in [5, 5.41) is 18.3. The van der Waals surface area contributed by atoms with E-state index in [1.165, 1.54) is 6.07 Å². The lowest BCUT2D eigenvalue weighted by molar-refractivity contribution is 0.0697. The topological polar surface area (TPSA) is 80.4 Å². The maximum absolute atomic E-state index is 11.3. The van der Waals surface area contributed by atoms with Crippen molar-refractivity contribution in [1.29, 1.82) is 0 Å². The van der Waals surface area contributed by atoms with Gasteiger partial charge in [-0.05, 0) is 37.3 Å². The van der Waals surface area contributed by atoms with Crippen LogP contribution in [-0.2, 0) is 0 Å². The number of aromatic nitrogens is 4. The van der Waals surface area contributed by atoms with Gasteiger partial charge in [-0.25, -0.2) is 9.78 Å². The molecule has 0 aliphatic rings. The first-order valence-corrected chi connectivity index (χ1v) is 7.58. The molecule has 2 aromatic heterocycles. The van der Waals surface area contributed by atoms with Gasteiger partial charge in [-0.15, -0.1) is 10.2 Å². The van der Waals surface area contributed by atoms with Gasteiger partial charge in [0.05, 0.1) is 27.3 Å². The first kappa shape index (κ1) is 14.6. The van der Waals surface area contributed by atoms with Crippen LogP contribution in [0.15, 0.2) is 42.5 Å². The van der Waals surface area contributed by atoms with Crippen molar-refractivity contribution in [3.8, 4) is 11.4 Å². The van der Waals surface area contributed by atoms with E-state index >= 15 is 0 Å². The molecule has 1 N–H and O–H groups in total. The van der Waals surface area contributed by atoms with Gasteiger partial charge in [-0.2, -0.15) is 0 Å². The summed E-state index contributed by atoms with van der Waals surface area (Å²) in [5.74, 6) is -0.452. The Balaban J connectivity index is 2.16. The van der Waals surface area contributed by atoms with Crippen molar-refractivity contribution < 1.29 is 9.90 Å². The van der Waals surface area contributed by atoms with Crippen LogP contribution in [-0.4, -0.2) is 30.7 Å². The third-order valence-corrected chi connectivity index (χ3v) is 4.18. The standard InChI is InChI=1S/C17H11ClN4O2/c1-9-15-20-21-16(11-4-2-3-5-12(11)18)22(15)14-8-10(17(23)24)6-7-13(14)19-9/h2-8H,1H3,(H,23,24). The number of aromatic carboxylic acids is 1. The normalized spacial score (nSPS) is 11.2. The summed E-state index contributed by atoms with van der Waals surface area (Å²) in [6, 6.07) is 12.1. The molecular weight excluding hydrogens is 328 g/mol. The molecule has 0 fully saturated rings. The van der Waals surface area contributed by atoms with E-state index in [-0.39, 0.29) is 5.56 Å². The summed E-state index contributed by atoms with van der Waals surface area (Å²) in [6.45, 7) is 1.84. The van der Waals surface area contributed by atoms with Crippen LogP contribution in [0.5, 0.6) is 0 Å². The highest BCUT2D eigenvalue weighted by atomic mass is 35.5. The van der Waals surface area contributed by atoms with E-state index < -0.39 is 5.97 Å². The number of nitrogens with zero attached hydrogens (tertiary/aromatic N) is 4. The van der Waals surface area contributed by atoms with E-state index in [0.29, 0.717) is 33.2 Å². The van der Waals surface area contributed by atoms with Crippen LogP contribution < -0.4 is 0 Å². The Hall–Kier alpha value is -2.99. The van der Waals surface area contributed by atoms with Gasteiger partial charge in [0, 0.05) is 5.56 Å². The van der Waals surface area contributed by atoms with E-state index in [2.05, 4.69) is 15.2 Å². The molecule has 0 atom stereocenters. The molecule has 2 heterocycles. The van der Waals surface area contributed by atoms with Crippen LogP contribution in [0.25, 0.3) is 28.1 Å². The monoisotopic (exact) mass is 338 g/mol. The Morgan fingerprint density at radius 2 is 1.96 bits per heavy atom. The highest BCUT2D eigenvalue weighted by Gasteiger charge is 2.17. The number of carbonyl (C=O) groups is 1. The number of carboxylic acids is 1. The van der Waals surface area contributed by atoms with Crippen molar-refractivity contribution in [1.82, 2.24) is 19.6 Å². The lowest BCUT2D eigenvalue weighted by atomic mass is 10.1. The number of hydrogen-bond acceptors (Lipinski definition) is 4. The van der Waals surface area contributed by atoms with E-state index in [9.17, 15) is 9.90 Å². The predicted octanol–water partition coefficient (Wildman–Crippen LogP) is 3.60. The number of benzene rings is 2. The molecule has 0 bridgehead atoms. The Morgan fingerprint density at radius 3 is 2.71 bits per heavy atom. The van der Waals surface area contributed by atoms with Gasteiger partial charge in [-0.1, -0.05) is 23.7 Å². The quantitative estimate of drug-likeness (QED) is 0.604. The number of hydrogen-bond donors (Lipinski definition) is 1. The number of carboxylic acid groups (broad SMARTS) is 1. The molecule has 4 aromatic rings. The second-order valence-electron chi connectivity index (χ2n) is 5.37. The summed E-state index contributed by atoms with van der Waals surface area (Å²) in [4.78, 5) is 15.8. The second kappa shape index (κ2) is 5.28. The fourth-order valence-corrected chi connectivity index (χ4v) is 2.94.